The van der Waals surface area contributed by atoms with Crippen LogP contribution in [-0.4, -0.2) is 36.8 Å². The van der Waals surface area contributed by atoms with Crippen molar-refractivity contribution in [1.29, 1.82) is 0 Å². The van der Waals surface area contributed by atoms with Gasteiger partial charge in [-0.15, -0.1) is 0 Å². The number of hydrogen-bond acceptors (Lipinski definition) is 5. The van der Waals surface area contributed by atoms with Gasteiger partial charge in [0.1, 0.15) is 0 Å². The van der Waals surface area contributed by atoms with E-state index in [0.29, 0.717) is 5.65 Å². The van der Waals surface area contributed by atoms with E-state index in [2.05, 4.69) is 15.3 Å². The number of nitrogens with zero attached hydrogens (tertiary/aromatic N) is 3. The smallest absolute Gasteiger partial charge is 0.242 e. The Morgan fingerprint density at radius 1 is 0.920 bits per heavy atom. The third-order valence-electron chi connectivity index (χ3n) is 3.85. The van der Waals surface area contributed by atoms with Gasteiger partial charge in [0.2, 0.25) is 10.0 Å². The second-order valence-electron chi connectivity index (χ2n) is 6.07. The SMILES string of the molecule is Cc1ccc2c(Nc3ccc(S(=O)(=O)N(C)C)cc3)cc(C)nc2n1. The molecule has 2 aromatic heterocycles. The normalized spacial score (nSPS) is 11.9. The first-order chi connectivity index (χ1) is 11.8. The number of sulfonamides is 1. The van der Waals surface area contributed by atoms with Crippen molar-refractivity contribution in [3.63, 3.8) is 0 Å². The molecule has 1 aromatic carbocycles. The van der Waals surface area contributed by atoms with Gasteiger partial charge >= 0.3 is 0 Å². The molecule has 1 N–H and O–H groups in total. The molecule has 7 heteroatoms. The summed E-state index contributed by atoms with van der Waals surface area (Å²) in [6, 6.07) is 12.6. The number of nitrogens with one attached hydrogen (secondary N) is 1. The second kappa shape index (κ2) is 6.42. The summed E-state index contributed by atoms with van der Waals surface area (Å²) in [7, 11) is -0.395. The standard InChI is InChI=1S/C18H20N4O2S/c1-12-5-10-16-17(11-13(2)20-18(16)19-12)21-14-6-8-15(9-7-14)25(23,24)22(3)4/h5-11H,1-4H3,(H,19,20,21). The molecule has 6 nitrogen and oxygen atoms in total. The molecule has 0 spiro atoms. The summed E-state index contributed by atoms with van der Waals surface area (Å²) < 4.78 is 25.5. The Labute approximate surface area is 147 Å². The van der Waals surface area contributed by atoms with Crippen LogP contribution in [-0.2, 0) is 10.0 Å². The highest BCUT2D eigenvalue weighted by atomic mass is 32.2. The van der Waals surface area contributed by atoms with E-state index >= 15 is 0 Å². The maximum Gasteiger partial charge on any atom is 0.242 e. The Morgan fingerprint density at radius 3 is 2.20 bits per heavy atom. The van der Waals surface area contributed by atoms with Gasteiger partial charge in [0.25, 0.3) is 0 Å². The Bertz CT molecular complexity index is 1020. The van der Waals surface area contributed by atoms with Crippen LogP contribution in [0.15, 0.2) is 47.4 Å². The molecule has 0 atom stereocenters. The number of hydrogen-bond donors (Lipinski definition) is 1. The highest BCUT2D eigenvalue weighted by molar-refractivity contribution is 7.89. The number of benzene rings is 1. The molecule has 0 saturated carbocycles. The van der Waals surface area contributed by atoms with Crippen molar-refractivity contribution in [2.24, 2.45) is 0 Å². The zero-order valence-electron chi connectivity index (χ0n) is 14.6. The van der Waals surface area contributed by atoms with Gasteiger partial charge < -0.3 is 5.32 Å². The van der Waals surface area contributed by atoms with Crippen molar-refractivity contribution in [2.45, 2.75) is 18.7 Å². The lowest BCUT2D eigenvalue weighted by Crippen LogP contribution is -2.22. The van der Waals surface area contributed by atoms with Gasteiger partial charge in [-0.05, 0) is 56.3 Å². The van der Waals surface area contributed by atoms with E-state index in [1.807, 2.05) is 32.0 Å². The largest absolute Gasteiger partial charge is 0.355 e. The molecular formula is C18H20N4O2S. The molecule has 0 aliphatic heterocycles. The van der Waals surface area contributed by atoms with Gasteiger partial charge in [0, 0.05) is 36.6 Å². The molecule has 2 heterocycles. The monoisotopic (exact) mass is 356 g/mol. The number of fused-ring (bicyclic) bond motifs is 1. The zero-order chi connectivity index (χ0) is 18.2. The Kier molecular flexibility index (Phi) is 4.45. The van der Waals surface area contributed by atoms with E-state index in [4.69, 9.17) is 0 Å². The van der Waals surface area contributed by atoms with Crippen molar-refractivity contribution in [2.75, 3.05) is 19.4 Å². The van der Waals surface area contributed by atoms with Gasteiger partial charge in [-0.25, -0.2) is 22.7 Å². The topological polar surface area (TPSA) is 75.2 Å². The highest BCUT2D eigenvalue weighted by Crippen LogP contribution is 2.26. The van der Waals surface area contributed by atoms with Crippen LogP contribution in [0.3, 0.4) is 0 Å². The third kappa shape index (κ3) is 3.47. The average molecular weight is 356 g/mol. The summed E-state index contributed by atoms with van der Waals surface area (Å²) in [6.07, 6.45) is 0. The fraction of sp³-hybridized carbons (Fsp3) is 0.222. The molecule has 0 radical (unpaired) electrons. The summed E-state index contributed by atoms with van der Waals surface area (Å²) in [6.45, 7) is 3.85. The van der Waals surface area contributed by atoms with Crippen LogP contribution in [0.2, 0.25) is 0 Å². The summed E-state index contributed by atoms with van der Waals surface area (Å²) in [5.74, 6) is 0. The minimum absolute atomic E-state index is 0.260. The molecule has 0 saturated heterocycles. The molecular weight excluding hydrogens is 336 g/mol. The minimum atomic E-state index is -3.43. The fourth-order valence-electron chi connectivity index (χ4n) is 2.50. The van der Waals surface area contributed by atoms with Gasteiger partial charge in [0.05, 0.1) is 10.6 Å². The molecule has 3 rings (SSSR count). The molecule has 0 unspecified atom stereocenters. The number of anilines is 2. The predicted molar refractivity (Wildman–Crippen MR) is 99.6 cm³/mol. The minimum Gasteiger partial charge on any atom is -0.355 e. The number of aromatic nitrogens is 2. The summed E-state index contributed by atoms with van der Waals surface area (Å²) >= 11 is 0. The van der Waals surface area contributed by atoms with E-state index in [1.54, 1.807) is 24.3 Å². The highest BCUT2D eigenvalue weighted by Gasteiger charge is 2.16. The van der Waals surface area contributed by atoms with Crippen molar-refractivity contribution in [1.82, 2.24) is 14.3 Å². The van der Waals surface area contributed by atoms with Gasteiger partial charge in [0.15, 0.2) is 5.65 Å². The quantitative estimate of drug-likeness (QED) is 0.777. The van der Waals surface area contributed by atoms with E-state index in [1.165, 1.54) is 18.4 Å². The molecule has 0 amide bonds. The lowest BCUT2D eigenvalue weighted by molar-refractivity contribution is 0.521. The lowest BCUT2D eigenvalue weighted by Gasteiger charge is -2.13. The summed E-state index contributed by atoms with van der Waals surface area (Å²) in [5.41, 5.74) is 4.15. The molecule has 3 aromatic rings. The summed E-state index contributed by atoms with van der Waals surface area (Å²) in [5, 5.41) is 4.24. The maximum atomic E-state index is 12.1. The molecule has 0 aliphatic rings. The Morgan fingerprint density at radius 2 is 1.56 bits per heavy atom. The maximum absolute atomic E-state index is 12.1. The third-order valence-corrected chi connectivity index (χ3v) is 5.68. The van der Waals surface area contributed by atoms with Gasteiger partial charge in [-0.1, -0.05) is 0 Å². The Hall–Kier alpha value is -2.51. The molecule has 0 fully saturated rings. The van der Waals surface area contributed by atoms with Gasteiger partial charge in [-0.3, -0.25) is 0 Å². The van der Waals surface area contributed by atoms with E-state index in [9.17, 15) is 8.42 Å². The van der Waals surface area contributed by atoms with Crippen LogP contribution in [0.25, 0.3) is 11.0 Å². The fourth-order valence-corrected chi connectivity index (χ4v) is 3.41. The molecule has 0 aliphatic carbocycles. The van der Waals surface area contributed by atoms with Crippen molar-refractivity contribution >= 4 is 32.4 Å². The van der Waals surface area contributed by atoms with Crippen molar-refractivity contribution in [3.8, 4) is 0 Å². The van der Waals surface area contributed by atoms with Crippen molar-refractivity contribution < 1.29 is 8.42 Å². The van der Waals surface area contributed by atoms with Crippen LogP contribution in [0.5, 0.6) is 0 Å². The van der Waals surface area contributed by atoms with Gasteiger partial charge in [-0.2, -0.15) is 0 Å². The first-order valence-electron chi connectivity index (χ1n) is 7.82. The van der Waals surface area contributed by atoms with Crippen LogP contribution in [0.1, 0.15) is 11.4 Å². The zero-order valence-corrected chi connectivity index (χ0v) is 15.4. The van der Waals surface area contributed by atoms with Crippen LogP contribution in [0.4, 0.5) is 11.4 Å². The Balaban J connectivity index is 1.97. The van der Waals surface area contributed by atoms with Crippen LogP contribution in [0, 0.1) is 13.8 Å². The lowest BCUT2D eigenvalue weighted by atomic mass is 10.2. The second-order valence-corrected chi connectivity index (χ2v) is 8.22. The molecule has 130 valence electrons. The first kappa shape index (κ1) is 17.3. The van der Waals surface area contributed by atoms with E-state index in [-0.39, 0.29) is 4.90 Å². The molecule has 25 heavy (non-hydrogen) atoms. The van der Waals surface area contributed by atoms with E-state index < -0.39 is 10.0 Å². The van der Waals surface area contributed by atoms with E-state index in [0.717, 1.165) is 28.1 Å². The summed E-state index contributed by atoms with van der Waals surface area (Å²) in [4.78, 5) is 9.20. The van der Waals surface area contributed by atoms with Crippen molar-refractivity contribution in [3.05, 3.63) is 53.9 Å². The number of rotatable bonds is 4. The van der Waals surface area contributed by atoms with Crippen LogP contribution < -0.4 is 5.32 Å². The predicted octanol–water partition coefficient (Wildman–Crippen LogP) is 3.24. The molecule has 0 bridgehead atoms. The average Bonchev–Trinajstić information content (AvgIpc) is 2.54. The number of pyridine rings is 2. The van der Waals surface area contributed by atoms with Crippen LogP contribution >= 0.6 is 0 Å². The number of aryl methyl sites for hydroxylation is 2. The first-order valence-corrected chi connectivity index (χ1v) is 9.26.